The lowest BCUT2D eigenvalue weighted by atomic mass is 10.2. The number of amides is 1. The molecule has 0 atom stereocenters. The van der Waals surface area contributed by atoms with Crippen LogP contribution < -0.4 is 15.5 Å². The van der Waals surface area contributed by atoms with Gasteiger partial charge in [0.05, 0.1) is 6.54 Å². The first kappa shape index (κ1) is 17.2. The zero-order chi connectivity index (χ0) is 15.8. The lowest BCUT2D eigenvalue weighted by molar-refractivity contribution is -0.119. The summed E-state index contributed by atoms with van der Waals surface area (Å²) in [5.41, 5.74) is 0.972. The third kappa shape index (κ3) is 5.21. The topological polar surface area (TPSA) is 70.2 Å². The molecule has 118 valence electrons. The Morgan fingerprint density at radius 1 is 1.14 bits per heavy atom. The van der Waals surface area contributed by atoms with Crippen LogP contribution in [0.2, 0.25) is 0 Å². The molecule has 0 fully saturated rings. The van der Waals surface area contributed by atoms with Gasteiger partial charge in [0.25, 0.3) is 0 Å². The number of carbonyl (C=O) groups is 1. The van der Waals surface area contributed by atoms with E-state index in [4.69, 9.17) is 0 Å². The van der Waals surface area contributed by atoms with E-state index >= 15 is 0 Å². The van der Waals surface area contributed by atoms with Crippen molar-refractivity contribution in [3.05, 3.63) is 11.4 Å². The van der Waals surface area contributed by atoms with E-state index in [1.165, 1.54) is 0 Å². The minimum absolute atomic E-state index is 0.0121. The van der Waals surface area contributed by atoms with Crippen LogP contribution in [-0.4, -0.2) is 42.6 Å². The van der Waals surface area contributed by atoms with Crippen molar-refractivity contribution in [3.63, 3.8) is 0 Å². The first-order chi connectivity index (χ1) is 9.99. The number of hydrogen-bond donors (Lipinski definition) is 2. The van der Waals surface area contributed by atoms with Gasteiger partial charge in [0.2, 0.25) is 5.91 Å². The summed E-state index contributed by atoms with van der Waals surface area (Å²) in [7, 11) is 1.88. The average Bonchev–Trinajstić information content (AvgIpc) is 2.45. The maximum atomic E-state index is 11.8. The first-order valence-corrected chi connectivity index (χ1v) is 7.56. The highest BCUT2D eigenvalue weighted by Gasteiger charge is 2.14. The molecule has 6 nitrogen and oxygen atoms in total. The molecule has 0 saturated carbocycles. The number of nitrogens with one attached hydrogen (secondary N) is 2. The molecule has 1 heterocycles. The quantitative estimate of drug-likeness (QED) is 0.766. The largest absolute Gasteiger partial charge is 0.370 e. The SMILES string of the molecule is CCCNC(=O)CN(C)c1nc(C)nc(NCCC)c1C. The molecule has 0 aliphatic heterocycles. The number of carbonyl (C=O) groups excluding carboxylic acids is 1. The summed E-state index contributed by atoms with van der Waals surface area (Å²) >= 11 is 0. The minimum Gasteiger partial charge on any atom is -0.370 e. The molecule has 1 rings (SSSR count). The van der Waals surface area contributed by atoms with E-state index in [0.29, 0.717) is 18.9 Å². The number of aryl methyl sites for hydroxylation is 1. The summed E-state index contributed by atoms with van der Waals surface area (Å²) in [6, 6.07) is 0. The standard InChI is InChI=1S/C15H27N5O/c1-6-8-16-13(21)10-20(5)15-11(3)14(17-9-7-2)18-12(4)19-15/h6-10H2,1-5H3,(H,16,21)(H,17,18,19). The Labute approximate surface area is 127 Å². The Bertz CT molecular complexity index is 475. The van der Waals surface area contributed by atoms with Crippen LogP contribution in [0.5, 0.6) is 0 Å². The van der Waals surface area contributed by atoms with Crippen molar-refractivity contribution in [1.82, 2.24) is 15.3 Å². The fourth-order valence-electron chi connectivity index (χ4n) is 2.01. The maximum absolute atomic E-state index is 11.8. The lowest BCUT2D eigenvalue weighted by Gasteiger charge is -2.21. The van der Waals surface area contributed by atoms with Gasteiger partial charge >= 0.3 is 0 Å². The molecule has 1 aromatic heterocycles. The number of likely N-dealkylation sites (N-methyl/N-ethyl adjacent to an activating group) is 1. The molecule has 0 aromatic carbocycles. The van der Waals surface area contributed by atoms with Crippen LogP contribution in [0.3, 0.4) is 0 Å². The number of anilines is 2. The monoisotopic (exact) mass is 293 g/mol. The van der Waals surface area contributed by atoms with Crippen LogP contribution in [0.1, 0.15) is 38.1 Å². The van der Waals surface area contributed by atoms with Gasteiger partial charge in [-0.15, -0.1) is 0 Å². The van der Waals surface area contributed by atoms with Gasteiger partial charge in [-0.25, -0.2) is 9.97 Å². The second-order valence-corrected chi connectivity index (χ2v) is 5.20. The van der Waals surface area contributed by atoms with Gasteiger partial charge < -0.3 is 15.5 Å². The molecule has 0 aliphatic carbocycles. The van der Waals surface area contributed by atoms with Crippen LogP contribution in [0, 0.1) is 13.8 Å². The highest BCUT2D eigenvalue weighted by atomic mass is 16.2. The molecular weight excluding hydrogens is 266 g/mol. The Hall–Kier alpha value is -1.85. The molecule has 1 amide bonds. The molecule has 0 radical (unpaired) electrons. The van der Waals surface area contributed by atoms with Crippen molar-refractivity contribution >= 4 is 17.5 Å². The second kappa shape index (κ2) is 8.44. The van der Waals surface area contributed by atoms with Crippen LogP contribution in [-0.2, 0) is 4.79 Å². The third-order valence-corrected chi connectivity index (χ3v) is 3.09. The van der Waals surface area contributed by atoms with E-state index in [9.17, 15) is 4.79 Å². The molecule has 2 N–H and O–H groups in total. The summed E-state index contributed by atoms with van der Waals surface area (Å²) in [6.07, 6.45) is 1.97. The van der Waals surface area contributed by atoms with Crippen molar-refractivity contribution < 1.29 is 4.79 Å². The van der Waals surface area contributed by atoms with E-state index in [-0.39, 0.29) is 5.91 Å². The summed E-state index contributed by atoms with van der Waals surface area (Å²) < 4.78 is 0. The van der Waals surface area contributed by atoms with Crippen molar-refractivity contribution in [3.8, 4) is 0 Å². The zero-order valence-corrected chi connectivity index (χ0v) is 13.8. The normalized spacial score (nSPS) is 10.3. The van der Waals surface area contributed by atoms with Gasteiger partial charge in [0.15, 0.2) is 0 Å². The van der Waals surface area contributed by atoms with Gasteiger partial charge in [-0.2, -0.15) is 0 Å². The van der Waals surface area contributed by atoms with Crippen molar-refractivity contribution in [2.75, 3.05) is 36.9 Å². The van der Waals surface area contributed by atoms with Gasteiger partial charge in [-0.3, -0.25) is 4.79 Å². The average molecular weight is 293 g/mol. The van der Waals surface area contributed by atoms with E-state index in [1.54, 1.807) is 0 Å². The zero-order valence-electron chi connectivity index (χ0n) is 13.8. The predicted octanol–water partition coefficient (Wildman–Crippen LogP) is 1.88. The summed E-state index contributed by atoms with van der Waals surface area (Å²) in [4.78, 5) is 22.6. The maximum Gasteiger partial charge on any atom is 0.239 e. The van der Waals surface area contributed by atoms with Crippen molar-refractivity contribution in [1.29, 1.82) is 0 Å². The third-order valence-electron chi connectivity index (χ3n) is 3.09. The first-order valence-electron chi connectivity index (χ1n) is 7.56. The summed E-state index contributed by atoms with van der Waals surface area (Å²) in [5.74, 6) is 2.36. The van der Waals surface area contributed by atoms with E-state index < -0.39 is 0 Å². The van der Waals surface area contributed by atoms with Crippen molar-refractivity contribution in [2.24, 2.45) is 0 Å². The van der Waals surface area contributed by atoms with Gasteiger partial charge in [-0.1, -0.05) is 13.8 Å². The predicted molar refractivity (Wildman–Crippen MR) is 86.9 cm³/mol. The smallest absolute Gasteiger partial charge is 0.239 e. The highest BCUT2D eigenvalue weighted by molar-refractivity contribution is 5.81. The number of rotatable bonds is 8. The Kier molecular flexibility index (Phi) is 6.91. The molecular formula is C15H27N5O. The van der Waals surface area contributed by atoms with Crippen LogP contribution >= 0.6 is 0 Å². The van der Waals surface area contributed by atoms with Gasteiger partial charge in [0, 0.05) is 25.7 Å². The number of hydrogen-bond acceptors (Lipinski definition) is 5. The summed E-state index contributed by atoms with van der Waals surface area (Å²) in [6.45, 7) is 9.87. The number of aromatic nitrogens is 2. The molecule has 1 aromatic rings. The Balaban J connectivity index is 2.85. The van der Waals surface area contributed by atoms with Crippen LogP contribution in [0.15, 0.2) is 0 Å². The minimum atomic E-state index is 0.0121. The molecule has 6 heteroatoms. The highest BCUT2D eigenvalue weighted by Crippen LogP contribution is 2.22. The number of nitrogens with zero attached hydrogens (tertiary/aromatic N) is 3. The van der Waals surface area contributed by atoms with Crippen LogP contribution in [0.4, 0.5) is 11.6 Å². The van der Waals surface area contributed by atoms with Gasteiger partial charge in [-0.05, 0) is 26.7 Å². The molecule has 0 bridgehead atoms. The molecule has 0 unspecified atom stereocenters. The van der Waals surface area contributed by atoms with Crippen molar-refractivity contribution in [2.45, 2.75) is 40.5 Å². The molecule has 0 spiro atoms. The van der Waals surface area contributed by atoms with E-state index in [0.717, 1.165) is 36.6 Å². The molecule has 0 aliphatic rings. The fourth-order valence-corrected chi connectivity index (χ4v) is 2.01. The van der Waals surface area contributed by atoms with Crippen LogP contribution in [0.25, 0.3) is 0 Å². The summed E-state index contributed by atoms with van der Waals surface area (Å²) in [5, 5.41) is 6.18. The van der Waals surface area contributed by atoms with Gasteiger partial charge in [0.1, 0.15) is 17.5 Å². The molecule has 21 heavy (non-hydrogen) atoms. The lowest BCUT2D eigenvalue weighted by Crippen LogP contribution is -2.36. The second-order valence-electron chi connectivity index (χ2n) is 5.20. The van der Waals surface area contributed by atoms with E-state index in [2.05, 4.69) is 27.5 Å². The molecule has 0 saturated heterocycles. The van der Waals surface area contributed by atoms with E-state index in [1.807, 2.05) is 32.7 Å². The fraction of sp³-hybridized carbons (Fsp3) is 0.667. The Morgan fingerprint density at radius 2 is 1.81 bits per heavy atom. The Morgan fingerprint density at radius 3 is 2.43 bits per heavy atom.